The average molecular weight is 258 g/mol. The van der Waals surface area contributed by atoms with Crippen LogP contribution >= 0.6 is 0 Å². The van der Waals surface area contributed by atoms with Crippen LogP contribution in [0.1, 0.15) is 44.6 Å². The molecule has 0 saturated carbocycles. The summed E-state index contributed by atoms with van der Waals surface area (Å²) in [4.78, 5) is 4.79. The lowest BCUT2D eigenvalue weighted by Gasteiger charge is -2.23. The van der Waals surface area contributed by atoms with E-state index in [0.29, 0.717) is 0 Å². The first-order valence-electron chi connectivity index (χ1n) is 7.38. The number of benzene rings is 1. The van der Waals surface area contributed by atoms with E-state index in [1.807, 2.05) is 0 Å². The summed E-state index contributed by atoms with van der Waals surface area (Å²) in [6, 6.07) is 6.35. The second kappa shape index (κ2) is 4.97. The molecule has 0 bridgehead atoms. The Labute approximate surface area is 114 Å². The number of hydrogen-bond donors (Lipinski definition) is 1. The van der Waals surface area contributed by atoms with Gasteiger partial charge >= 0.3 is 0 Å². The fourth-order valence-corrected chi connectivity index (χ4v) is 3.14. The van der Waals surface area contributed by atoms with E-state index >= 15 is 0 Å². The summed E-state index contributed by atoms with van der Waals surface area (Å²) < 4.78 is 6.06. The van der Waals surface area contributed by atoms with Gasteiger partial charge in [0.1, 0.15) is 5.52 Å². The van der Waals surface area contributed by atoms with E-state index in [0.717, 1.165) is 49.3 Å². The van der Waals surface area contributed by atoms with Gasteiger partial charge in [-0.1, -0.05) is 26.3 Å². The van der Waals surface area contributed by atoms with Crippen molar-refractivity contribution in [3.8, 4) is 0 Å². The molecule has 1 aliphatic heterocycles. The van der Waals surface area contributed by atoms with Crippen molar-refractivity contribution in [2.75, 3.05) is 13.1 Å². The predicted octanol–water partition coefficient (Wildman–Crippen LogP) is 3.42. The van der Waals surface area contributed by atoms with Crippen LogP contribution in [0.2, 0.25) is 0 Å². The van der Waals surface area contributed by atoms with Crippen LogP contribution in [0.4, 0.5) is 0 Å². The number of aryl methyl sites for hydroxylation is 1. The summed E-state index contributed by atoms with van der Waals surface area (Å²) in [5, 5.41) is 3.46. The van der Waals surface area contributed by atoms with Gasteiger partial charge in [0, 0.05) is 6.54 Å². The third-order valence-corrected chi connectivity index (χ3v) is 4.29. The maximum Gasteiger partial charge on any atom is 0.203 e. The van der Waals surface area contributed by atoms with Crippen LogP contribution in [0.3, 0.4) is 0 Å². The van der Waals surface area contributed by atoms with E-state index in [4.69, 9.17) is 9.40 Å². The number of hydrogen-bond acceptors (Lipinski definition) is 3. The van der Waals surface area contributed by atoms with Gasteiger partial charge in [0.05, 0.1) is 5.41 Å². The van der Waals surface area contributed by atoms with Crippen LogP contribution in [0, 0.1) is 0 Å². The predicted molar refractivity (Wildman–Crippen MR) is 77.5 cm³/mol. The summed E-state index contributed by atoms with van der Waals surface area (Å²) in [5.74, 6) is 0.933. The summed E-state index contributed by atoms with van der Waals surface area (Å²) in [6.45, 7) is 6.47. The molecule has 1 atom stereocenters. The van der Waals surface area contributed by atoms with Crippen LogP contribution in [0.15, 0.2) is 22.6 Å². The third kappa shape index (κ3) is 2.16. The van der Waals surface area contributed by atoms with Crippen molar-refractivity contribution in [3.63, 3.8) is 0 Å². The minimum absolute atomic E-state index is 0.111. The zero-order chi connectivity index (χ0) is 13.3. The highest BCUT2D eigenvalue weighted by Gasteiger charge is 2.39. The van der Waals surface area contributed by atoms with Crippen molar-refractivity contribution in [2.45, 2.75) is 44.9 Å². The third-order valence-electron chi connectivity index (χ3n) is 4.29. The number of fused-ring (bicyclic) bond motifs is 1. The molecule has 0 aliphatic carbocycles. The number of rotatable bonds is 4. The lowest BCUT2D eigenvalue weighted by atomic mass is 9.82. The van der Waals surface area contributed by atoms with Gasteiger partial charge in [-0.2, -0.15) is 0 Å². The molecule has 1 aromatic carbocycles. The minimum Gasteiger partial charge on any atom is -0.440 e. The van der Waals surface area contributed by atoms with Crippen LogP contribution in [0.25, 0.3) is 11.1 Å². The molecule has 0 spiro atoms. The second-order valence-corrected chi connectivity index (χ2v) is 5.63. The largest absolute Gasteiger partial charge is 0.440 e. The Morgan fingerprint density at radius 2 is 2.26 bits per heavy atom. The normalized spacial score (nSPS) is 23.3. The minimum atomic E-state index is 0.111. The fourth-order valence-electron chi connectivity index (χ4n) is 3.14. The average Bonchev–Trinajstić information content (AvgIpc) is 3.05. The highest BCUT2D eigenvalue weighted by molar-refractivity contribution is 5.73. The van der Waals surface area contributed by atoms with E-state index in [1.54, 1.807) is 0 Å². The molecule has 0 amide bonds. The molecule has 3 nitrogen and oxygen atoms in total. The molecule has 0 radical (unpaired) electrons. The SMILES string of the molecule is CCCC1(c2nc3cc(CC)ccc3o2)CCNC1. The molecule has 1 fully saturated rings. The summed E-state index contributed by atoms with van der Waals surface area (Å²) in [5.41, 5.74) is 3.37. The first kappa shape index (κ1) is 12.7. The Morgan fingerprint density at radius 3 is 2.95 bits per heavy atom. The molecule has 3 heteroatoms. The fraction of sp³-hybridized carbons (Fsp3) is 0.562. The molecule has 1 aliphatic rings. The molecule has 1 aromatic heterocycles. The Kier molecular flexibility index (Phi) is 3.31. The standard InChI is InChI=1S/C16H22N2O/c1-3-7-16(8-9-17-11-16)15-18-13-10-12(4-2)5-6-14(13)19-15/h5-6,10,17H,3-4,7-9,11H2,1-2H3. The molecular weight excluding hydrogens is 236 g/mol. The highest BCUT2D eigenvalue weighted by Crippen LogP contribution is 2.36. The Balaban J connectivity index is 2.03. The van der Waals surface area contributed by atoms with Crippen molar-refractivity contribution in [3.05, 3.63) is 29.7 Å². The van der Waals surface area contributed by atoms with E-state index in [2.05, 4.69) is 37.4 Å². The van der Waals surface area contributed by atoms with Crippen LogP contribution in [0.5, 0.6) is 0 Å². The molecule has 2 heterocycles. The van der Waals surface area contributed by atoms with Gasteiger partial charge < -0.3 is 9.73 Å². The smallest absolute Gasteiger partial charge is 0.203 e. The summed E-state index contributed by atoms with van der Waals surface area (Å²) >= 11 is 0. The van der Waals surface area contributed by atoms with Gasteiger partial charge in [0.2, 0.25) is 5.89 Å². The molecule has 1 unspecified atom stereocenters. The van der Waals surface area contributed by atoms with E-state index in [9.17, 15) is 0 Å². The van der Waals surface area contributed by atoms with Gasteiger partial charge in [-0.3, -0.25) is 0 Å². The second-order valence-electron chi connectivity index (χ2n) is 5.63. The topological polar surface area (TPSA) is 38.1 Å². The number of aromatic nitrogens is 1. The first-order valence-corrected chi connectivity index (χ1v) is 7.38. The van der Waals surface area contributed by atoms with E-state index in [-0.39, 0.29) is 5.41 Å². The van der Waals surface area contributed by atoms with Crippen molar-refractivity contribution in [2.24, 2.45) is 0 Å². The van der Waals surface area contributed by atoms with Crippen molar-refractivity contribution in [1.29, 1.82) is 0 Å². The van der Waals surface area contributed by atoms with Gasteiger partial charge in [-0.05, 0) is 43.5 Å². The first-order chi connectivity index (χ1) is 9.27. The molecule has 102 valence electrons. The lowest BCUT2D eigenvalue weighted by molar-refractivity contribution is 0.331. The molecule has 2 aromatic rings. The zero-order valence-corrected chi connectivity index (χ0v) is 11.8. The molecule has 3 rings (SSSR count). The van der Waals surface area contributed by atoms with Crippen molar-refractivity contribution in [1.82, 2.24) is 10.3 Å². The maximum absolute atomic E-state index is 6.06. The molecule has 1 N–H and O–H groups in total. The lowest BCUT2D eigenvalue weighted by Crippen LogP contribution is -2.29. The summed E-state index contributed by atoms with van der Waals surface area (Å²) in [6.07, 6.45) is 4.49. The quantitative estimate of drug-likeness (QED) is 0.913. The highest BCUT2D eigenvalue weighted by atomic mass is 16.3. The van der Waals surface area contributed by atoms with E-state index < -0.39 is 0 Å². The van der Waals surface area contributed by atoms with E-state index in [1.165, 1.54) is 12.0 Å². The molecular formula is C16H22N2O. The van der Waals surface area contributed by atoms with Crippen molar-refractivity contribution >= 4 is 11.1 Å². The Bertz CT molecular complexity index is 567. The zero-order valence-electron chi connectivity index (χ0n) is 11.8. The molecule has 1 saturated heterocycles. The van der Waals surface area contributed by atoms with Crippen LogP contribution in [-0.4, -0.2) is 18.1 Å². The Morgan fingerprint density at radius 1 is 1.37 bits per heavy atom. The van der Waals surface area contributed by atoms with Crippen molar-refractivity contribution < 1.29 is 4.42 Å². The van der Waals surface area contributed by atoms with Gasteiger partial charge in [0.25, 0.3) is 0 Å². The summed E-state index contributed by atoms with van der Waals surface area (Å²) in [7, 11) is 0. The maximum atomic E-state index is 6.06. The van der Waals surface area contributed by atoms with Crippen LogP contribution < -0.4 is 5.32 Å². The van der Waals surface area contributed by atoms with Crippen LogP contribution in [-0.2, 0) is 11.8 Å². The van der Waals surface area contributed by atoms with Gasteiger partial charge in [0.15, 0.2) is 5.58 Å². The Hall–Kier alpha value is -1.35. The number of oxazole rings is 1. The molecule has 19 heavy (non-hydrogen) atoms. The van der Waals surface area contributed by atoms with Gasteiger partial charge in [-0.25, -0.2) is 4.98 Å². The number of nitrogens with one attached hydrogen (secondary N) is 1. The monoisotopic (exact) mass is 258 g/mol. The number of nitrogens with zero attached hydrogens (tertiary/aromatic N) is 1. The van der Waals surface area contributed by atoms with Gasteiger partial charge in [-0.15, -0.1) is 0 Å².